The van der Waals surface area contributed by atoms with E-state index in [1.54, 1.807) is 18.2 Å². The summed E-state index contributed by atoms with van der Waals surface area (Å²) < 4.78 is 0. The van der Waals surface area contributed by atoms with Crippen molar-refractivity contribution in [2.24, 2.45) is 0 Å². The molecule has 0 aliphatic carbocycles. The van der Waals surface area contributed by atoms with Crippen LogP contribution in [0.4, 0.5) is 5.69 Å². The van der Waals surface area contributed by atoms with E-state index >= 15 is 0 Å². The van der Waals surface area contributed by atoms with Gasteiger partial charge in [0.2, 0.25) is 0 Å². The van der Waals surface area contributed by atoms with Crippen LogP contribution < -0.4 is 5.32 Å². The second-order valence-corrected chi connectivity index (χ2v) is 5.07. The van der Waals surface area contributed by atoms with E-state index in [0.29, 0.717) is 10.6 Å². The highest BCUT2D eigenvalue weighted by Gasteiger charge is 2.09. The Labute approximate surface area is 121 Å². The molecule has 0 aliphatic heterocycles. The van der Waals surface area contributed by atoms with Crippen molar-refractivity contribution in [2.45, 2.75) is 6.92 Å². The number of carbonyl (C=O) groups excluding carboxylic acids is 1. The van der Waals surface area contributed by atoms with Crippen molar-refractivity contribution in [1.29, 1.82) is 0 Å². The number of hydrogen-bond acceptors (Lipinski definition) is 1. The molecule has 0 spiro atoms. The van der Waals surface area contributed by atoms with Gasteiger partial charge in [-0.3, -0.25) is 4.79 Å². The summed E-state index contributed by atoms with van der Waals surface area (Å²) in [5.41, 5.74) is 3.17. The largest absolute Gasteiger partial charge is 0.359 e. The summed E-state index contributed by atoms with van der Waals surface area (Å²) in [5, 5.41) is 4.65. The lowest BCUT2D eigenvalue weighted by Gasteiger charge is -2.08. The van der Waals surface area contributed by atoms with Crippen LogP contribution in [0.25, 0.3) is 10.9 Å². The molecule has 3 rings (SSSR count). The number of aromatic amines is 1. The highest BCUT2D eigenvalue weighted by atomic mass is 35.5. The topological polar surface area (TPSA) is 44.9 Å². The van der Waals surface area contributed by atoms with E-state index in [0.717, 1.165) is 22.2 Å². The number of nitrogens with one attached hydrogen (secondary N) is 2. The maximum absolute atomic E-state index is 12.3. The average Bonchev–Trinajstić information content (AvgIpc) is 2.91. The smallest absolute Gasteiger partial charge is 0.255 e. The SMILES string of the molecule is Cc1cc(C(=O)Nc2cccc3cc[nH]c23)ccc1Cl. The number of H-pyrrole nitrogens is 1. The minimum atomic E-state index is -0.146. The lowest BCUT2D eigenvalue weighted by atomic mass is 10.1. The highest BCUT2D eigenvalue weighted by Crippen LogP contribution is 2.23. The second-order valence-electron chi connectivity index (χ2n) is 4.67. The first kappa shape index (κ1) is 12.8. The number of halogens is 1. The van der Waals surface area contributed by atoms with Gasteiger partial charge >= 0.3 is 0 Å². The molecule has 4 heteroatoms. The van der Waals surface area contributed by atoms with Crippen molar-refractivity contribution in [1.82, 2.24) is 4.98 Å². The van der Waals surface area contributed by atoms with Crippen LogP contribution in [0.3, 0.4) is 0 Å². The molecular formula is C16H13ClN2O. The van der Waals surface area contributed by atoms with Gasteiger partial charge in [-0.2, -0.15) is 0 Å². The predicted octanol–water partition coefficient (Wildman–Crippen LogP) is 4.38. The molecule has 0 radical (unpaired) electrons. The molecule has 0 atom stereocenters. The van der Waals surface area contributed by atoms with Gasteiger partial charge in [0.1, 0.15) is 0 Å². The van der Waals surface area contributed by atoms with E-state index in [2.05, 4.69) is 10.3 Å². The number of aromatic nitrogens is 1. The number of benzene rings is 2. The van der Waals surface area contributed by atoms with E-state index in [1.165, 1.54) is 0 Å². The normalized spacial score (nSPS) is 10.7. The molecule has 1 heterocycles. The van der Waals surface area contributed by atoms with Crippen LogP contribution >= 0.6 is 11.6 Å². The summed E-state index contributed by atoms with van der Waals surface area (Å²) in [4.78, 5) is 15.4. The van der Waals surface area contributed by atoms with E-state index in [4.69, 9.17) is 11.6 Å². The van der Waals surface area contributed by atoms with Crippen LogP contribution in [0, 0.1) is 6.92 Å². The van der Waals surface area contributed by atoms with Crippen LogP contribution in [0.15, 0.2) is 48.7 Å². The molecule has 3 aromatic rings. The number of hydrogen-bond donors (Lipinski definition) is 2. The first-order chi connectivity index (χ1) is 9.65. The molecule has 20 heavy (non-hydrogen) atoms. The van der Waals surface area contributed by atoms with Crippen LogP contribution in [-0.2, 0) is 0 Å². The van der Waals surface area contributed by atoms with Gasteiger partial charge < -0.3 is 10.3 Å². The Balaban J connectivity index is 1.92. The zero-order valence-corrected chi connectivity index (χ0v) is 11.7. The molecule has 3 nitrogen and oxygen atoms in total. The lowest BCUT2D eigenvalue weighted by Crippen LogP contribution is -2.12. The Morgan fingerprint density at radius 1 is 1.20 bits per heavy atom. The highest BCUT2D eigenvalue weighted by molar-refractivity contribution is 6.31. The fourth-order valence-corrected chi connectivity index (χ4v) is 2.29. The van der Waals surface area contributed by atoms with Gasteiger partial charge in [0.15, 0.2) is 0 Å². The first-order valence-corrected chi connectivity index (χ1v) is 6.66. The molecule has 100 valence electrons. The van der Waals surface area contributed by atoms with Gasteiger partial charge in [-0.1, -0.05) is 23.7 Å². The van der Waals surface area contributed by atoms with Crippen molar-refractivity contribution in [3.8, 4) is 0 Å². The number of aryl methyl sites for hydroxylation is 1. The Hall–Kier alpha value is -2.26. The Morgan fingerprint density at radius 2 is 2.05 bits per heavy atom. The third-order valence-corrected chi connectivity index (χ3v) is 3.68. The van der Waals surface area contributed by atoms with E-state index in [9.17, 15) is 4.79 Å². The Kier molecular flexibility index (Phi) is 3.20. The van der Waals surface area contributed by atoms with Crippen molar-refractivity contribution in [3.63, 3.8) is 0 Å². The number of fused-ring (bicyclic) bond motifs is 1. The molecule has 1 amide bonds. The van der Waals surface area contributed by atoms with Gasteiger partial charge in [0, 0.05) is 22.2 Å². The van der Waals surface area contributed by atoms with E-state index in [1.807, 2.05) is 37.4 Å². The fraction of sp³-hybridized carbons (Fsp3) is 0.0625. The van der Waals surface area contributed by atoms with Crippen LogP contribution in [0.5, 0.6) is 0 Å². The summed E-state index contributed by atoms with van der Waals surface area (Å²) in [7, 11) is 0. The van der Waals surface area contributed by atoms with E-state index < -0.39 is 0 Å². The third-order valence-electron chi connectivity index (χ3n) is 3.26. The summed E-state index contributed by atoms with van der Waals surface area (Å²) in [6, 6.07) is 13.0. The zero-order valence-electron chi connectivity index (χ0n) is 10.9. The molecule has 2 aromatic carbocycles. The molecule has 0 saturated heterocycles. The van der Waals surface area contributed by atoms with Gasteiger partial charge in [-0.15, -0.1) is 0 Å². The summed E-state index contributed by atoms with van der Waals surface area (Å²) >= 11 is 5.97. The molecule has 2 N–H and O–H groups in total. The summed E-state index contributed by atoms with van der Waals surface area (Å²) in [6.07, 6.45) is 1.85. The number of rotatable bonds is 2. The van der Waals surface area contributed by atoms with Crippen molar-refractivity contribution in [2.75, 3.05) is 5.32 Å². The first-order valence-electron chi connectivity index (χ1n) is 6.29. The number of carbonyl (C=O) groups is 1. The maximum Gasteiger partial charge on any atom is 0.255 e. The number of anilines is 1. The van der Waals surface area contributed by atoms with Gasteiger partial charge in [0.05, 0.1) is 11.2 Å². The zero-order chi connectivity index (χ0) is 14.1. The number of amides is 1. The fourth-order valence-electron chi connectivity index (χ4n) is 2.17. The molecule has 0 bridgehead atoms. The van der Waals surface area contributed by atoms with E-state index in [-0.39, 0.29) is 5.91 Å². The van der Waals surface area contributed by atoms with Crippen LogP contribution in [-0.4, -0.2) is 10.9 Å². The van der Waals surface area contributed by atoms with Gasteiger partial charge in [-0.25, -0.2) is 0 Å². The monoisotopic (exact) mass is 284 g/mol. The van der Waals surface area contributed by atoms with Crippen molar-refractivity contribution < 1.29 is 4.79 Å². The second kappa shape index (κ2) is 5.02. The lowest BCUT2D eigenvalue weighted by molar-refractivity contribution is 0.102. The summed E-state index contributed by atoms with van der Waals surface area (Å²) in [6.45, 7) is 1.88. The minimum absolute atomic E-state index is 0.146. The molecule has 0 fully saturated rings. The maximum atomic E-state index is 12.3. The predicted molar refractivity (Wildman–Crippen MR) is 82.4 cm³/mol. The third kappa shape index (κ3) is 2.28. The molecular weight excluding hydrogens is 272 g/mol. The van der Waals surface area contributed by atoms with Crippen molar-refractivity contribution in [3.05, 3.63) is 64.8 Å². The molecule has 0 aliphatic rings. The summed E-state index contributed by atoms with van der Waals surface area (Å²) in [5.74, 6) is -0.146. The van der Waals surface area contributed by atoms with Crippen LogP contribution in [0.1, 0.15) is 15.9 Å². The van der Waals surface area contributed by atoms with Crippen molar-refractivity contribution >= 4 is 34.1 Å². The van der Waals surface area contributed by atoms with Gasteiger partial charge in [-0.05, 0) is 42.8 Å². The quantitative estimate of drug-likeness (QED) is 0.720. The Bertz CT molecular complexity index is 792. The van der Waals surface area contributed by atoms with Crippen LogP contribution in [0.2, 0.25) is 5.02 Å². The standard InChI is InChI=1S/C16H13ClN2O/c1-10-9-12(5-6-13(10)17)16(20)19-14-4-2-3-11-7-8-18-15(11)14/h2-9,18H,1H3,(H,19,20). The number of para-hydroxylation sites is 1. The van der Waals surface area contributed by atoms with Gasteiger partial charge in [0.25, 0.3) is 5.91 Å². The molecule has 0 unspecified atom stereocenters. The average molecular weight is 285 g/mol. The molecule has 1 aromatic heterocycles. The Morgan fingerprint density at radius 3 is 2.85 bits per heavy atom. The minimum Gasteiger partial charge on any atom is -0.359 e. The molecule has 0 saturated carbocycles.